The molecule has 3 aromatic rings. The Hall–Kier alpha value is -3.28. The van der Waals surface area contributed by atoms with E-state index >= 15 is 0 Å². The molecule has 26 heavy (non-hydrogen) atoms. The van der Waals surface area contributed by atoms with Crippen LogP contribution in [0.4, 0.5) is 14.5 Å². The number of hydrogen-bond donors (Lipinski definition) is 2. The standard InChI is InChI=1S/C20H16F2N2O2/c21-17-9-8-15(11-18(17)22)24-20(26)12-23-19(25)10-14-6-3-5-13-4-1-2-7-16(13)14/h1-9,11H,10,12H2,(H,23,25)(H,24,26). The summed E-state index contributed by atoms with van der Waals surface area (Å²) in [6.45, 7) is -0.261. The molecule has 0 aromatic heterocycles. The van der Waals surface area contributed by atoms with Crippen LogP contribution in [0.25, 0.3) is 10.8 Å². The first-order chi connectivity index (χ1) is 12.5. The van der Waals surface area contributed by atoms with Gasteiger partial charge in [-0.2, -0.15) is 0 Å². The lowest BCUT2D eigenvalue weighted by atomic mass is 10.0. The number of anilines is 1. The number of nitrogens with one attached hydrogen (secondary N) is 2. The van der Waals surface area contributed by atoms with Crippen molar-refractivity contribution in [3.05, 3.63) is 77.9 Å². The number of hydrogen-bond acceptors (Lipinski definition) is 2. The van der Waals surface area contributed by atoms with Gasteiger partial charge in [-0.3, -0.25) is 9.59 Å². The van der Waals surface area contributed by atoms with E-state index in [-0.39, 0.29) is 24.6 Å². The molecule has 0 saturated heterocycles. The van der Waals surface area contributed by atoms with Crippen LogP contribution in [0.1, 0.15) is 5.56 Å². The Morgan fingerprint density at radius 2 is 1.62 bits per heavy atom. The van der Waals surface area contributed by atoms with Gasteiger partial charge in [-0.05, 0) is 28.5 Å². The maximum absolute atomic E-state index is 13.1. The molecule has 132 valence electrons. The van der Waals surface area contributed by atoms with Gasteiger partial charge in [0.2, 0.25) is 11.8 Å². The fourth-order valence-corrected chi connectivity index (χ4v) is 2.64. The Morgan fingerprint density at radius 3 is 2.42 bits per heavy atom. The van der Waals surface area contributed by atoms with Crippen molar-refractivity contribution in [2.24, 2.45) is 0 Å². The minimum atomic E-state index is -1.05. The summed E-state index contributed by atoms with van der Waals surface area (Å²) in [6.07, 6.45) is 0.139. The SMILES string of the molecule is O=C(Cc1cccc2ccccc12)NCC(=O)Nc1ccc(F)c(F)c1. The van der Waals surface area contributed by atoms with Crippen molar-refractivity contribution in [1.29, 1.82) is 0 Å². The monoisotopic (exact) mass is 354 g/mol. The molecule has 0 fully saturated rings. The molecule has 4 nitrogen and oxygen atoms in total. The molecule has 2 N–H and O–H groups in total. The molecule has 0 aliphatic rings. The van der Waals surface area contributed by atoms with Gasteiger partial charge >= 0.3 is 0 Å². The van der Waals surface area contributed by atoms with Gasteiger partial charge in [0.15, 0.2) is 11.6 Å². The van der Waals surface area contributed by atoms with Crippen LogP contribution in [-0.2, 0) is 16.0 Å². The molecule has 6 heteroatoms. The molecule has 0 aliphatic heterocycles. The van der Waals surface area contributed by atoms with Gasteiger partial charge in [-0.25, -0.2) is 8.78 Å². The minimum Gasteiger partial charge on any atom is -0.347 e. The van der Waals surface area contributed by atoms with E-state index in [2.05, 4.69) is 10.6 Å². The summed E-state index contributed by atoms with van der Waals surface area (Å²) in [7, 11) is 0. The first-order valence-electron chi connectivity index (χ1n) is 8.01. The fourth-order valence-electron chi connectivity index (χ4n) is 2.64. The predicted octanol–water partition coefficient (Wildman–Crippen LogP) is 3.42. The van der Waals surface area contributed by atoms with E-state index in [1.165, 1.54) is 6.07 Å². The van der Waals surface area contributed by atoms with E-state index in [1.807, 2.05) is 42.5 Å². The summed E-state index contributed by atoms with van der Waals surface area (Å²) < 4.78 is 26.0. The minimum absolute atomic E-state index is 0.122. The van der Waals surface area contributed by atoms with Gasteiger partial charge in [0.25, 0.3) is 0 Å². The van der Waals surface area contributed by atoms with Gasteiger partial charge in [0.1, 0.15) is 0 Å². The third-order valence-corrected chi connectivity index (χ3v) is 3.88. The Morgan fingerprint density at radius 1 is 0.846 bits per heavy atom. The third kappa shape index (κ3) is 4.22. The second kappa shape index (κ2) is 7.74. The van der Waals surface area contributed by atoms with Gasteiger partial charge in [-0.15, -0.1) is 0 Å². The number of carbonyl (C=O) groups is 2. The molecule has 3 aromatic carbocycles. The van der Waals surface area contributed by atoms with Gasteiger partial charge in [0, 0.05) is 11.8 Å². The molecule has 0 bridgehead atoms. The van der Waals surface area contributed by atoms with Gasteiger partial charge in [0.05, 0.1) is 13.0 Å². The van der Waals surface area contributed by atoms with Gasteiger partial charge in [-0.1, -0.05) is 42.5 Å². The summed E-state index contributed by atoms with van der Waals surface area (Å²) in [5.41, 5.74) is 0.985. The van der Waals surface area contributed by atoms with Crippen LogP contribution >= 0.6 is 0 Å². The number of fused-ring (bicyclic) bond motifs is 1. The van der Waals surface area contributed by atoms with Crippen molar-refractivity contribution in [3.8, 4) is 0 Å². The van der Waals surface area contributed by atoms with Crippen LogP contribution in [0, 0.1) is 11.6 Å². The smallest absolute Gasteiger partial charge is 0.243 e. The highest BCUT2D eigenvalue weighted by Gasteiger charge is 2.10. The van der Waals surface area contributed by atoms with E-state index < -0.39 is 17.5 Å². The third-order valence-electron chi connectivity index (χ3n) is 3.88. The highest BCUT2D eigenvalue weighted by molar-refractivity contribution is 5.95. The van der Waals surface area contributed by atoms with E-state index in [9.17, 15) is 18.4 Å². The average Bonchev–Trinajstić information content (AvgIpc) is 2.63. The first kappa shape index (κ1) is 17.5. The Kier molecular flexibility index (Phi) is 5.22. The van der Waals surface area contributed by atoms with E-state index in [0.717, 1.165) is 28.5 Å². The van der Waals surface area contributed by atoms with Crippen molar-refractivity contribution >= 4 is 28.3 Å². The van der Waals surface area contributed by atoms with Crippen LogP contribution in [0.2, 0.25) is 0 Å². The summed E-state index contributed by atoms with van der Waals surface area (Å²) in [5, 5.41) is 6.94. The Bertz CT molecular complexity index is 968. The normalized spacial score (nSPS) is 10.5. The molecule has 0 unspecified atom stereocenters. The number of carbonyl (C=O) groups excluding carboxylic acids is 2. The van der Waals surface area contributed by atoms with Crippen LogP contribution in [0.3, 0.4) is 0 Å². The van der Waals surface area contributed by atoms with Crippen LogP contribution in [-0.4, -0.2) is 18.4 Å². The molecule has 2 amide bonds. The zero-order valence-electron chi connectivity index (χ0n) is 13.8. The highest BCUT2D eigenvalue weighted by Crippen LogP contribution is 2.18. The van der Waals surface area contributed by atoms with E-state index in [1.54, 1.807) is 0 Å². The van der Waals surface area contributed by atoms with Crippen molar-refractivity contribution in [3.63, 3.8) is 0 Å². The topological polar surface area (TPSA) is 58.2 Å². The van der Waals surface area contributed by atoms with Crippen molar-refractivity contribution in [2.75, 3.05) is 11.9 Å². The maximum atomic E-state index is 13.1. The second-order valence-electron chi connectivity index (χ2n) is 5.77. The molecule has 3 rings (SSSR count). The highest BCUT2D eigenvalue weighted by atomic mass is 19.2. The fraction of sp³-hybridized carbons (Fsp3) is 0.100. The molecule has 0 spiro atoms. The van der Waals surface area contributed by atoms with Crippen molar-refractivity contribution < 1.29 is 18.4 Å². The number of halogens is 2. The van der Waals surface area contributed by atoms with Crippen molar-refractivity contribution in [2.45, 2.75) is 6.42 Å². The van der Waals surface area contributed by atoms with Crippen LogP contribution in [0.15, 0.2) is 60.7 Å². The lowest BCUT2D eigenvalue weighted by Gasteiger charge is -2.09. The number of amides is 2. The van der Waals surface area contributed by atoms with E-state index in [0.29, 0.717) is 0 Å². The summed E-state index contributed by atoms with van der Waals surface area (Å²) >= 11 is 0. The molecule has 0 radical (unpaired) electrons. The average molecular weight is 354 g/mol. The molecular formula is C20H16F2N2O2. The van der Waals surface area contributed by atoms with Crippen LogP contribution in [0.5, 0.6) is 0 Å². The summed E-state index contributed by atoms with van der Waals surface area (Å²) in [6, 6.07) is 16.5. The molecular weight excluding hydrogens is 338 g/mol. The Balaban J connectivity index is 1.56. The largest absolute Gasteiger partial charge is 0.347 e. The number of rotatable bonds is 5. The zero-order chi connectivity index (χ0) is 18.5. The lowest BCUT2D eigenvalue weighted by molar-refractivity contribution is -0.123. The molecule has 0 aliphatic carbocycles. The number of benzene rings is 3. The quantitative estimate of drug-likeness (QED) is 0.738. The van der Waals surface area contributed by atoms with E-state index in [4.69, 9.17) is 0 Å². The molecule has 0 heterocycles. The Labute approximate surface area is 148 Å². The first-order valence-corrected chi connectivity index (χ1v) is 8.01. The summed E-state index contributed by atoms with van der Waals surface area (Å²) in [4.78, 5) is 23.9. The van der Waals surface area contributed by atoms with Crippen LogP contribution < -0.4 is 10.6 Å². The van der Waals surface area contributed by atoms with Gasteiger partial charge < -0.3 is 10.6 Å². The lowest BCUT2D eigenvalue weighted by Crippen LogP contribution is -2.33. The summed E-state index contributed by atoms with van der Waals surface area (Å²) in [5.74, 6) is -2.88. The predicted molar refractivity (Wildman–Crippen MR) is 95.6 cm³/mol. The van der Waals surface area contributed by atoms with Crippen molar-refractivity contribution in [1.82, 2.24) is 5.32 Å². The molecule has 0 saturated carbocycles. The maximum Gasteiger partial charge on any atom is 0.243 e. The second-order valence-corrected chi connectivity index (χ2v) is 5.77. The molecule has 0 atom stereocenters. The zero-order valence-corrected chi connectivity index (χ0v) is 13.8.